The Hall–Kier alpha value is -1.44. The number of carbonyl (C=O) groups is 2. The van der Waals surface area contributed by atoms with Crippen LogP contribution in [0.1, 0.15) is 19.8 Å². The number of carboxylic acid groups (broad SMARTS) is 1. The molecule has 2 amide bonds. The van der Waals surface area contributed by atoms with Crippen LogP contribution in [-0.2, 0) is 4.79 Å². The van der Waals surface area contributed by atoms with Gasteiger partial charge in [0.15, 0.2) is 0 Å². The molecule has 0 spiro atoms. The lowest BCUT2D eigenvalue weighted by Gasteiger charge is -2.41. The summed E-state index contributed by atoms with van der Waals surface area (Å²) in [6.07, 6.45) is -2.11. The number of alkyl halides is 2. The van der Waals surface area contributed by atoms with Crippen molar-refractivity contribution in [2.75, 3.05) is 39.3 Å². The first kappa shape index (κ1) is 16.9. The fourth-order valence-electron chi connectivity index (χ4n) is 3.25. The second-order valence-corrected chi connectivity index (χ2v) is 6.08. The summed E-state index contributed by atoms with van der Waals surface area (Å²) in [6.45, 7) is 3.71. The molecule has 0 saturated carbocycles. The summed E-state index contributed by atoms with van der Waals surface area (Å²) in [7, 11) is 0. The van der Waals surface area contributed by atoms with Crippen molar-refractivity contribution in [1.29, 1.82) is 0 Å². The molecule has 0 unspecified atom stereocenters. The molecule has 2 aliphatic rings. The third kappa shape index (κ3) is 4.06. The topological polar surface area (TPSA) is 64.1 Å². The monoisotopic (exact) mass is 319 g/mol. The van der Waals surface area contributed by atoms with Crippen molar-refractivity contribution in [2.24, 2.45) is 5.92 Å². The lowest BCUT2D eigenvalue weighted by atomic mass is 9.94. The number of carbonyl (C=O) groups excluding carboxylic acids is 1. The zero-order valence-corrected chi connectivity index (χ0v) is 12.8. The number of piperidine rings is 1. The molecule has 22 heavy (non-hydrogen) atoms. The smallest absolute Gasteiger partial charge is 0.407 e. The van der Waals surface area contributed by atoms with Gasteiger partial charge in [0.05, 0.1) is 6.54 Å². The van der Waals surface area contributed by atoms with Crippen LogP contribution in [0.2, 0.25) is 0 Å². The van der Waals surface area contributed by atoms with Crippen molar-refractivity contribution in [3.05, 3.63) is 0 Å². The van der Waals surface area contributed by atoms with Gasteiger partial charge in [-0.2, -0.15) is 0 Å². The van der Waals surface area contributed by atoms with Crippen LogP contribution in [0.3, 0.4) is 0 Å². The average Bonchev–Trinajstić information content (AvgIpc) is 2.46. The van der Waals surface area contributed by atoms with Crippen LogP contribution in [0, 0.1) is 5.92 Å². The molecule has 0 bridgehead atoms. The second kappa shape index (κ2) is 7.21. The van der Waals surface area contributed by atoms with E-state index in [0.717, 1.165) is 0 Å². The van der Waals surface area contributed by atoms with Gasteiger partial charge < -0.3 is 14.9 Å². The van der Waals surface area contributed by atoms with E-state index in [1.54, 1.807) is 9.80 Å². The molecule has 0 radical (unpaired) electrons. The highest BCUT2D eigenvalue weighted by Gasteiger charge is 2.34. The average molecular weight is 319 g/mol. The summed E-state index contributed by atoms with van der Waals surface area (Å²) < 4.78 is 24.7. The minimum atomic E-state index is -2.34. The van der Waals surface area contributed by atoms with Gasteiger partial charge in [-0.3, -0.25) is 9.69 Å². The quantitative estimate of drug-likeness (QED) is 0.848. The maximum absolute atomic E-state index is 12.6. The molecule has 2 aliphatic heterocycles. The number of hydrogen-bond donors (Lipinski definition) is 1. The van der Waals surface area contributed by atoms with Crippen LogP contribution in [0.4, 0.5) is 13.6 Å². The molecule has 1 atom stereocenters. The molecule has 6 nitrogen and oxygen atoms in total. The van der Waals surface area contributed by atoms with Gasteiger partial charge >= 0.3 is 6.09 Å². The molecule has 8 heteroatoms. The first-order chi connectivity index (χ1) is 10.4. The summed E-state index contributed by atoms with van der Waals surface area (Å²) in [5.41, 5.74) is 0. The maximum atomic E-state index is 12.6. The second-order valence-electron chi connectivity index (χ2n) is 6.08. The molecule has 1 N–H and O–H groups in total. The van der Waals surface area contributed by atoms with Gasteiger partial charge in [-0.1, -0.05) is 0 Å². The Morgan fingerprint density at radius 1 is 1.18 bits per heavy atom. The van der Waals surface area contributed by atoms with Gasteiger partial charge in [0.25, 0.3) is 6.43 Å². The van der Waals surface area contributed by atoms with Crippen LogP contribution >= 0.6 is 0 Å². The molecule has 2 fully saturated rings. The van der Waals surface area contributed by atoms with Crippen LogP contribution < -0.4 is 0 Å². The minimum Gasteiger partial charge on any atom is -0.465 e. The predicted molar refractivity (Wildman–Crippen MR) is 75.9 cm³/mol. The molecule has 2 heterocycles. The number of halogens is 2. The molecular weight excluding hydrogens is 296 g/mol. The van der Waals surface area contributed by atoms with Crippen molar-refractivity contribution in [1.82, 2.24) is 14.7 Å². The Labute approximate surface area is 128 Å². The van der Waals surface area contributed by atoms with Crippen LogP contribution in [0.25, 0.3) is 0 Å². The fourth-order valence-corrected chi connectivity index (χ4v) is 3.25. The van der Waals surface area contributed by atoms with E-state index < -0.39 is 12.5 Å². The van der Waals surface area contributed by atoms with Gasteiger partial charge in [-0.15, -0.1) is 0 Å². The van der Waals surface area contributed by atoms with E-state index in [4.69, 9.17) is 5.11 Å². The highest BCUT2D eigenvalue weighted by atomic mass is 19.3. The predicted octanol–water partition coefficient (Wildman–Crippen LogP) is 1.17. The lowest BCUT2D eigenvalue weighted by molar-refractivity contribution is -0.141. The van der Waals surface area contributed by atoms with E-state index in [9.17, 15) is 18.4 Å². The first-order valence-corrected chi connectivity index (χ1v) is 7.67. The van der Waals surface area contributed by atoms with Gasteiger partial charge in [0.1, 0.15) is 0 Å². The van der Waals surface area contributed by atoms with Crippen molar-refractivity contribution in [2.45, 2.75) is 32.2 Å². The minimum absolute atomic E-state index is 0.0363. The number of rotatable bonds is 3. The van der Waals surface area contributed by atoms with Gasteiger partial charge in [-0.25, -0.2) is 13.6 Å². The summed E-state index contributed by atoms with van der Waals surface area (Å²) in [6, 6.07) is -0.142. The first-order valence-electron chi connectivity index (χ1n) is 7.67. The number of likely N-dealkylation sites (tertiary alicyclic amines) is 1. The van der Waals surface area contributed by atoms with E-state index in [1.807, 2.05) is 6.92 Å². The van der Waals surface area contributed by atoms with Crippen molar-refractivity contribution in [3.63, 3.8) is 0 Å². The van der Waals surface area contributed by atoms with E-state index in [0.29, 0.717) is 45.6 Å². The van der Waals surface area contributed by atoms with Crippen molar-refractivity contribution in [3.8, 4) is 0 Å². The molecule has 2 saturated heterocycles. The molecule has 2 rings (SSSR count). The zero-order chi connectivity index (χ0) is 16.3. The summed E-state index contributed by atoms with van der Waals surface area (Å²) >= 11 is 0. The highest BCUT2D eigenvalue weighted by Crippen LogP contribution is 2.22. The third-order valence-corrected chi connectivity index (χ3v) is 4.51. The largest absolute Gasteiger partial charge is 0.465 e. The molecule has 0 aromatic heterocycles. The van der Waals surface area contributed by atoms with Crippen LogP contribution in [-0.4, -0.2) is 83.5 Å². The highest BCUT2D eigenvalue weighted by molar-refractivity contribution is 5.79. The Morgan fingerprint density at radius 2 is 1.82 bits per heavy atom. The Kier molecular flexibility index (Phi) is 5.55. The van der Waals surface area contributed by atoms with Crippen molar-refractivity contribution >= 4 is 12.0 Å². The molecule has 0 aliphatic carbocycles. The van der Waals surface area contributed by atoms with E-state index in [1.165, 1.54) is 4.90 Å². The number of hydrogen-bond acceptors (Lipinski definition) is 3. The van der Waals surface area contributed by atoms with Crippen molar-refractivity contribution < 1.29 is 23.5 Å². The summed E-state index contributed by atoms with van der Waals surface area (Å²) in [5, 5.41) is 8.99. The van der Waals surface area contributed by atoms with E-state index >= 15 is 0 Å². The number of amides is 2. The summed E-state index contributed by atoms with van der Waals surface area (Å²) in [4.78, 5) is 28.3. The Morgan fingerprint density at radius 3 is 2.32 bits per heavy atom. The summed E-state index contributed by atoms with van der Waals surface area (Å²) in [5.74, 6) is -0.0954. The number of nitrogens with zero attached hydrogens (tertiary/aromatic N) is 3. The standard InChI is InChI=1S/C14H23F2N3O3/c1-10-8-18(14(21)22)6-7-19(10)13(20)11-2-4-17(5-3-11)9-12(15)16/h10-12H,2-9H2,1H3,(H,21,22)/t10-/m1/s1. The Balaban J connectivity index is 1.84. The van der Waals surface area contributed by atoms with Gasteiger partial charge in [0, 0.05) is 31.6 Å². The third-order valence-electron chi connectivity index (χ3n) is 4.51. The van der Waals surface area contributed by atoms with Gasteiger partial charge in [-0.05, 0) is 32.9 Å². The molecule has 0 aromatic rings. The zero-order valence-electron chi connectivity index (χ0n) is 12.8. The molecule has 0 aromatic carbocycles. The Bertz CT molecular complexity index is 414. The van der Waals surface area contributed by atoms with Gasteiger partial charge in [0.2, 0.25) is 5.91 Å². The lowest BCUT2D eigenvalue weighted by Crippen LogP contribution is -2.57. The fraction of sp³-hybridized carbons (Fsp3) is 0.857. The maximum Gasteiger partial charge on any atom is 0.407 e. The normalized spacial score (nSPS) is 24.8. The SMILES string of the molecule is C[C@@H]1CN(C(=O)O)CCN1C(=O)C1CCN(CC(F)F)CC1. The molecular formula is C14H23F2N3O3. The van der Waals surface area contributed by atoms with E-state index in [2.05, 4.69) is 0 Å². The van der Waals surface area contributed by atoms with Crippen LogP contribution in [0.15, 0.2) is 0 Å². The van der Waals surface area contributed by atoms with E-state index in [-0.39, 0.29) is 24.4 Å². The number of piperazine rings is 1. The molecule has 126 valence electrons. The van der Waals surface area contributed by atoms with Crippen LogP contribution in [0.5, 0.6) is 0 Å².